The van der Waals surface area contributed by atoms with Crippen LogP contribution in [-0.4, -0.2) is 17.0 Å². The Bertz CT molecular complexity index is 1050. The summed E-state index contributed by atoms with van der Waals surface area (Å²) in [6.07, 6.45) is 1.45. The van der Waals surface area contributed by atoms with Crippen molar-refractivity contribution in [2.45, 2.75) is 13.0 Å². The summed E-state index contributed by atoms with van der Waals surface area (Å²) in [6.45, 7) is 0.278. The van der Waals surface area contributed by atoms with E-state index in [9.17, 15) is 18.4 Å². The number of halogens is 3. The second kappa shape index (κ2) is 8.80. The van der Waals surface area contributed by atoms with Gasteiger partial charge in [-0.1, -0.05) is 35.9 Å². The van der Waals surface area contributed by atoms with E-state index in [1.807, 2.05) is 6.07 Å². The van der Waals surface area contributed by atoms with Gasteiger partial charge < -0.3 is 9.88 Å². The summed E-state index contributed by atoms with van der Waals surface area (Å²) in [6, 6.07) is 13.4. The van der Waals surface area contributed by atoms with Crippen molar-refractivity contribution in [1.29, 1.82) is 0 Å². The zero-order chi connectivity index (χ0) is 20.1. The maximum atomic E-state index is 13.6. The van der Waals surface area contributed by atoms with Crippen molar-refractivity contribution in [2.24, 2.45) is 0 Å². The fourth-order valence-corrected chi connectivity index (χ4v) is 2.97. The van der Waals surface area contributed by atoms with E-state index in [2.05, 4.69) is 5.32 Å². The SMILES string of the molecule is O=C(NCCc1c(F)cccc1F)c1ccc(=O)n(Cc2ccccc2Cl)c1. The predicted molar refractivity (Wildman–Crippen MR) is 104 cm³/mol. The topological polar surface area (TPSA) is 51.1 Å². The Kier molecular flexibility index (Phi) is 6.21. The molecule has 0 aliphatic carbocycles. The minimum Gasteiger partial charge on any atom is -0.352 e. The third kappa shape index (κ3) is 4.64. The van der Waals surface area contributed by atoms with E-state index in [0.717, 1.165) is 5.56 Å². The zero-order valence-electron chi connectivity index (χ0n) is 14.8. The van der Waals surface area contributed by atoms with Crippen molar-refractivity contribution in [3.8, 4) is 0 Å². The molecular weight excluding hydrogens is 386 g/mol. The average Bonchev–Trinajstić information content (AvgIpc) is 2.67. The Morgan fingerprint density at radius 1 is 1.00 bits per heavy atom. The number of pyridine rings is 1. The van der Waals surface area contributed by atoms with Gasteiger partial charge in [0.1, 0.15) is 11.6 Å². The summed E-state index contributed by atoms with van der Waals surface area (Å²) in [5.41, 5.74) is 0.663. The number of amides is 1. The van der Waals surface area contributed by atoms with E-state index in [-0.39, 0.29) is 36.2 Å². The van der Waals surface area contributed by atoms with Crippen LogP contribution >= 0.6 is 11.6 Å². The van der Waals surface area contributed by atoms with Crippen LogP contribution in [0.4, 0.5) is 8.78 Å². The van der Waals surface area contributed by atoms with Gasteiger partial charge in [-0.05, 0) is 36.2 Å². The summed E-state index contributed by atoms with van der Waals surface area (Å²) in [5, 5.41) is 3.13. The zero-order valence-corrected chi connectivity index (χ0v) is 15.5. The highest BCUT2D eigenvalue weighted by molar-refractivity contribution is 6.31. The minimum atomic E-state index is -0.650. The molecule has 0 atom stereocenters. The first kappa shape index (κ1) is 19.8. The summed E-state index contributed by atoms with van der Waals surface area (Å²) in [7, 11) is 0. The van der Waals surface area contributed by atoms with Crippen LogP contribution in [0.2, 0.25) is 5.02 Å². The van der Waals surface area contributed by atoms with Gasteiger partial charge in [0, 0.05) is 29.4 Å². The number of carbonyl (C=O) groups excluding carboxylic acids is 1. The highest BCUT2D eigenvalue weighted by Crippen LogP contribution is 2.16. The lowest BCUT2D eigenvalue weighted by atomic mass is 10.1. The fraction of sp³-hybridized carbons (Fsp3) is 0.143. The van der Waals surface area contributed by atoms with Crippen molar-refractivity contribution in [3.63, 3.8) is 0 Å². The molecule has 2 aromatic carbocycles. The Morgan fingerprint density at radius 2 is 1.71 bits per heavy atom. The van der Waals surface area contributed by atoms with Gasteiger partial charge in [0.15, 0.2) is 0 Å². The molecule has 1 amide bonds. The molecule has 3 aromatic rings. The van der Waals surface area contributed by atoms with Crippen LogP contribution < -0.4 is 10.9 Å². The van der Waals surface area contributed by atoms with Crippen molar-refractivity contribution in [2.75, 3.05) is 6.54 Å². The number of hydrogen-bond donors (Lipinski definition) is 1. The summed E-state index contributed by atoms with van der Waals surface area (Å²) < 4.78 is 28.6. The van der Waals surface area contributed by atoms with E-state index in [1.165, 1.54) is 41.1 Å². The van der Waals surface area contributed by atoms with Crippen LogP contribution in [0.15, 0.2) is 65.6 Å². The molecule has 0 radical (unpaired) electrons. The fourth-order valence-electron chi connectivity index (χ4n) is 2.77. The van der Waals surface area contributed by atoms with Crippen LogP contribution in [-0.2, 0) is 13.0 Å². The molecule has 0 bridgehead atoms. The largest absolute Gasteiger partial charge is 0.352 e. The Hall–Kier alpha value is -2.99. The van der Waals surface area contributed by atoms with Crippen LogP contribution in [0.1, 0.15) is 21.5 Å². The third-order valence-electron chi connectivity index (χ3n) is 4.27. The lowest BCUT2D eigenvalue weighted by Crippen LogP contribution is -2.28. The first-order valence-corrected chi connectivity index (χ1v) is 8.98. The predicted octanol–water partition coefficient (Wildman–Crippen LogP) is 3.80. The van der Waals surface area contributed by atoms with Gasteiger partial charge in [-0.25, -0.2) is 8.78 Å². The quantitative estimate of drug-likeness (QED) is 0.681. The number of aromatic nitrogens is 1. The molecule has 144 valence electrons. The van der Waals surface area contributed by atoms with Gasteiger partial charge in [0.05, 0.1) is 12.1 Å². The molecule has 1 heterocycles. The van der Waals surface area contributed by atoms with E-state index < -0.39 is 17.5 Å². The van der Waals surface area contributed by atoms with Crippen molar-refractivity contribution < 1.29 is 13.6 Å². The molecule has 0 saturated heterocycles. The second-order valence-electron chi connectivity index (χ2n) is 6.18. The van der Waals surface area contributed by atoms with Crippen LogP contribution in [0.3, 0.4) is 0 Å². The number of nitrogens with one attached hydrogen (secondary N) is 1. The molecule has 4 nitrogen and oxygen atoms in total. The van der Waals surface area contributed by atoms with Crippen molar-refractivity contribution >= 4 is 17.5 Å². The Balaban J connectivity index is 1.69. The number of benzene rings is 2. The van der Waals surface area contributed by atoms with Gasteiger partial charge in [0.2, 0.25) is 0 Å². The average molecular weight is 403 g/mol. The maximum Gasteiger partial charge on any atom is 0.252 e. The monoisotopic (exact) mass is 402 g/mol. The number of rotatable bonds is 6. The summed E-state index contributed by atoms with van der Waals surface area (Å²) in [5.74, 6) is -1.74. The molecule has 0 saturated carbocycles. The summed E-state index contributed by atoms with van der Waals surface area (Å²) >= 11 is 6.13. The molecule has 1 N–H and O–H groups in total. The molecule has 0 spiro atoms. The Labute approximate surface area is 165 Å². The second-order valence-corrected chi connectivity index (χ2v) is 6.59. The lowest BCUT2D eigenvalue weighted by molar-refractivity contribution is 0.0953. The van der Waals surface area contributed by atoms with Crippen molar-refractivity contribution in [1.82, 2.24) is 9.88 Å². The molecule has 7 heteroatoms. The minimum absolute atomic E-state index is 0.0174. The molecule has 0 aliphatic rings. The number of nitrogens with zero attached hydrogens (tertiary/aromatic N) is 1. The summed E-state index contributed by atoms with van der Waals surface area (Å²) in [4.78, 5) is 24.4. The molecule has 28 heavy (non-hydrogen) atoms. The number of carbonyl (C=O) groups is 1. The highest BCUT2D eigenvalue weighted by Gasteiger charge is 2.11. The Morgan fingerprint density at radius 3 is 2.43 bits per heavy atom. The molecule has 1 aromatic heterocycles. The lowest BCUT2D eigenvalue weighted by Gasteiger charge is -2.10. The molecule has 0 unspecified atom stereocenters. The standard InChI is InChI=1S/C21H17ClF2N2O2/c22-17-5-2-1-4-14(17)12-26-13-15(8-9-20(26)27)21(28)25-11-10-16-18(23)6-3-7-19(16)24/h1-9,13H,10-12H2,(H,25,28). The maximum absolute atomic E-state index is 13.6. The van der Waals surface area contributed by atoms with E-state index in [4.69, 9.17) is 11.6 Å². The van der Waals surface area contributed by atoms with Gasteiger partial charge in [-0.2, -0.15) is 0 Å². The first-order chi connectivity index (χ1) is 13.5. The van der Waals surface area contributed by atoms with Crippen LogP contribution in [0.25, 0.3) is 0 Å². The van der Waals surface area contributed by atoms with E-state index in [1.54, 1.807) is 18.2 Å². The normalized spacial score (nSPS) is 10.7. The third-order valence-corrected chi connectivity index (χ3v) is 4.64. The molecule has 3 rings (SSSR count). The molecular formula is C21H17ClF2N2O2. The number of hydrogen-bond acceptors (Lipinski definition) is 2. The van der Waals surface area contributed by atoms with Gasteiger partial charge >= 0.3 is 0 Å². The van der Waals surface area contributed by atoms with Crippen LogP contribution in [0.5, 0.6) is 0 Å². The van der Waals surface area contributed by atoms with Gasteiger partial charge in [0.25, 0.3) is 11.5 Å². The smallest absolute Gasteiger partial charge is 0.252 e. The van der Waals surface area contributed by atoms with E-state index in [0.29, 0.717) is 5.02 Å². The highest BCUT2D eigenvalue weighted by atomic mass is 35.5. The molecule has 0 fully saturated rings. The van der Waals surface area contributed by atoms with E-state index >= 15 is 0 Å². The van der Waals surface area contributed by atoms with Crippen molar-refractivity contribution in [3.05, 3.63) is 104 Å². The van der Waals surface area contributed by atoms with Crippen LogP contribution in [0, 0.1) is 11.6 Å². The molecule has 0 aliphatic heterocycles. The van der Waals surface area contributed by atoms with Gasteiger partial charge in [-0.15, -0.1) is 0 Å². The van der Waals surface area contributed by atoms with Gasteiger partial charge in [-0.3, -0.25) is 9.59 Å². The first-order valence-electron chi connectivity index (χ1n) is 8.60.